The summed E-state index contributed by atoms with van der Waals surface area (Å²) in [6.07, 6.45) is 36.1. The molecule has 1 atom stereocenters. The fourth-order valence-electron chi connectivity index (χ4n) is 4.56. The Bertz CT molecular complexity index is 1350. The van der Waals surface area contributed by atoms with Gasteiger partial charge < -0.3 is 9.84 Å². The molecule has 0 amide bonds. The maximum atomic E-state index is 12.2. The molecule has 3 heteroatoms. The van der Waals surface area contributed by atoms with Gasteiger partial charge in [-0.1, -0.05) is 145 Å². The lowest BCUT2D eigenvalue weighted by Crippen LogP contribution is -2.35. The van der Waals surface area contributed by atoms with Gasteiger partial charge >= 0.3 is 0 Å². The SMILES string of the molecule is COC(C=CC(C)=CC=CC(C)=CC=CC(C)=CC=CC=C(C)C=CC=C(C)C=CC1=C(C)C(=O)CCC1(C)C)C(C)(C)O. The predicted octanol–water partition coefficient (Wildman–Crippen LogP) is 10.5. The van der Waals surface area contributed by atoms with Gasteiger partial charge in [0.15, 0.2) is 5.78 Å². The minimum absolute atomic E-state index is 0.0384. The van der Waals surface area contributed by atoms with Gasteiger partial charge in [0.25, 0.3) is 0 Å². The van der Waals surface area contributed by atoms with E-state index in [1.807, 2.05) is 50.3 Å². The summed E-state index contributed by atoms with van der Waals surface area (Å²) in [5.74, 6) is 0.269. The Morgan fingerprint density at radius 3 is 1.59 bits per heavy atom. The summed E-state index contributed by atoms with van der Waals surface area (Å²) in [7, 11) is 1.60. The third kappa shape index (κ3) is 15.3. The second kappa shape index (κ2) is 19.0. The van der Waals surface area contributed by atoms with Crippen molar-refractivity contribution in [3.8, 4) is 0 Å². The van der Waals surface area contributed by atoms with Gasteiger partial charge in [-0.25, -0.2) is 0 Å². The van der Waals surface area contributed by atoms with Crippen molar-refractivity contribution in [3.63, 3.8) is 0 Å². The average molecular weight is 597 g/mol. The van der Waals surface area contributed by atoms with Crippen molar-refractivity contribution in [2.75, 3.05) is 7.11 Å². The lowest BCUT2D eigenvalue weighted by Gasteiger charge is -2.32. The van der Waals surface area contributed by atoms with Gasteiger partial charge in [-0.3, -0.25) is 4.79 Å². The monoisotopic (exact) mass is 596 g/mol. The average Bonchev–Trinajstić information content (AvgIpc) is 2.93. The van der Waals surface area contributed by atoms with Crippen LogP contribution < -0.4 is 0 Å². The number of ether oxygens (including phenoxy) is 1. The Morgan fingerprint density at radius 2 is 1.16 bits per heavy atom. The van der Waals surface area contributed by atoms with Gasteiger partial charge in [-0.2, -0.15) is 0 Å². The minimum Gasteiger partial charge on any atom is -0.387 e. The zero-order valence-electron chi connectivity index (χ0n) is 29.1. The predicted molar refractivity (Wildman–Crippen MR) is 191 cm³/mol. The van der Waals surface area contributed by atoms with E-state index >= 15 is 0 Å². The Morgan fingerprint density at radius 1 is 0.750 bits per heavy atom. The molecule has 1 unspecified atom stereocenters. The van der Waals surface area contributed by atoms with Crippen molar-refractivity contribution in [2.24, 2.45) is 5.41 Å². The van der Waals surface area contributed by atoms with E-state index in [-0.39, 0.29) is 17.3 Å². The van der Waals surface area contributed by atoms with E-state index in [2.05, 4.69) is 108 Å². The largest absolute Gasteiger partial charge is 0.387 e. The molecule has 0 aromatic heterocycles. The third-order valence-corrected chi connectivity index (χ3v) is 7.51. The number of carbonyl (C=O) groups is 1. The molecule has 1 rings (SSSR count). The second-order valence-electron chi connectivity index (χ2n) is 12.9. The number of methoxy groups -OCH3 is 1. The van der Waals surface area contributed by atoms with Crippen LogP contribution in [0.4, 0.5) is 0 Å². The summed E-state index contributed by atoms with van der Waals surface area (Å²) < 4.78 is 5.34. The number of rotatable bonds is 14. The normalized spacial score (nSPS) is 19.5. The Labute approximate surface area is 268 Å². The first-order chi connectivity index (χ1) is 20.6. The van der Waals surface area contributed by atoms with Crippen LogP contribution in [-0.2, 0) is 9.53 Å². The summed E-state index contributed by atoms with van der Waals surface area (Å²) in [5.41, 5.74) is 6.86. The molecule has 0 aliphatic heterocycles. The van der Waals surface area contributed by atoms with Crippen molar-refractivity contribution in [3.05, 3.63) is 142 Å². The molecule has 44 heavy (non-hydrogen) atoms. The van der Waals surface area contributed by atoms with Crippen molar-refractivity contribution in [1.29, 1.82) is 0 Å². The molecule has 1 N–H and O–H groups in total. The molecule has 0 aromatic carbocycles. The highest BCUT2D eigenvalue weighted by atomic mass is 16.5. The van der Waals surface area contributed by atoms with Gasteiger partial charge in [-0.05, 0) is 78.4 Å². The molecule has 0 aromatic rings. The summed E-state index contributed by atoms with van der Waals surface area (Å²) in [4.78, 5) is 12.2. The lowest BCUT2D eigenvalue weighted by molar-refractivity contribution is -0.116. The van der Waals surface area contributed by atoms with Crippen LogP contribution in [-0.4, -0.2) is 29.7 Å². The maximum Gasteiger partial charge on any atom is 0.158 e. The van der Waals surface area contributed by atoms with Crippen molar-refractivity contribution in [1.82, 2.24) is 0 Å². The van der Waals surface area contributed by atoms with E-state index in [9.17, 15) is 9.90 Å². The lowest BCUT2D eigenvalue weighted by atomic mass is 9.72. The van der Waals surface area contributed by atoms with Crippen LogP contribution in [0.25, 0.3) is 0 Å². The number of aliphatic hydroxyl groups is 1. The van der Waals surface area contributed by atoms with Gasteiger partial charge in [0, 0.05) is 13.5 Å². The van der Waals surface area contributed by atoms with Crippen molar-refractivity contribution in [2.45, 2.75) is 93.8 Å². The van der Waals surface area contributed by atoms with Crippen LogP contribution in [0.1, 0.15) is 82.1 Å². The van der Waals surface area contributed by atoms with Gasteiger partial charge in [0.1, 0.15) is 6.10 Å². The van der Waals surface area contributed by atoms with E-state index in [0.29, 0.717) is 6.42 Å². The minimum atomic E-state index is -0.923. The molecule has 0 bridgehead atoms. The van der Waals surface area contributed by atoms with E-state index in [0.717, 1.165) is 45.4 Å². The second-order valence-corrected chi connectivity index (χ2v) is 12.9. The maximum absolute atomic E-state index is 12.2. The molecule has 0 radical (unpaired) electrons. The quantitative estimate of drug-likeness (QED) is 0.203. The van der Waals surface area contributed by atoms with Crippen LogP contribution in [0.15, 0.2) is 142 Å². The third-order valence-electron chi connectivity index (χ3n) is 7.51. The zero-order chi connectivity index (χ0) is 33.3. The molecule has 0 fully saturated rings. The van der Waals surface area contributed by atoms with E-state index in [1.54, 1.807) is 21.0 Å². The van der Waals surface area contributed by atoms with Gasteiger partial charge in [-0.15, -0.1) is 0 Å². The highest BCUT2D eigenvalue weighted by Gasteiger charge is 2.30. The Balaban J connectivity index is 2.66. The van der Waals surface area contributed by atoms with Crippen molar-refractivity contribution < 1.29 is 14.6 Å². The summed E-state index contributed by atoms with van der Waals surface area (Å²) in [6.45, 7) is 20.2. The fraction of sp³-hybridized carbons (Fsp3) is 0.390. The first-order valence-electron chi connectivity index (χ1n) is 15.5. The molecular formula is C41H56O3. The summed E-state index contributed by atoms with van der Waals surface area (Å²) >= 11 is 0. The van der Waals surface area contributed by atoms with Crippen LogP contribution in [0.2, 0.25) is 0 Å². The molecular weight excluding hydrogens is 540 g/mol. The molecule has 238 valence electrons. The molecule has 0 spiro atoms. The Hall–Kier alpha value is -3.53. The van der Waals surface area contributed by atoms with Crippen LogP contribution >= 0.6 is 0 Å². The van der Waals surface area contributed by atoms with E-state index < -0.39 is 5.60 Å². The van der Waals surface area contributed by atoms with Crippen molar-refractivity contribution >= 4 is 5.78 Å². The Kier molecular flexibility index (Phi) is 16.6. The molecule has 1 aliphatic carbocycles. The number of ketones is 1. The first kappa shape index (κ1) is 38.5. The summed E-state index contributed by atoms with van der Waals surface area (Å²) in [6, 6.07) is 0. The van der Waals surface area contributed by atoms with Crippen LogP contribution in [0.5, 0.6) is 0 Å². The molecule has 0 saturated carbocycles. The topological polar surface area (TPSA) is 46.5 Å². The zero-order valence-corrected chi connectivity index (χ0v) is 29.1. The molecule has 0 heterocycles. The number of Topliss-reactive ketones (excluding diaryl/α,β-unsaturated/α-hetero) is 1. The van der Waals surface area contributed by atoms with Gasteiger partial charge in [0.2, 0.25) is 0 Å². The van der Waals surface area contributed by atoms with E-state index in [1.165, 1.54) is 0 Å². The number of allylic oxidation sites excluding steroid dienone is 23. The van der Waals surface area contributed by atoms with Gasteiger partial charge in [0.05, 0.1) is 5.60 Å². The number of hydrogen-bond acceptors (Lipinski definition) is 3. The highest BCUT2D eigenvalue weighted by Crippen LogP contribution is 2.39. The number of carbonyl (C=O) groups excluding carboxylic acids is 1. The molecule has 0 saturated heterocycles. The first-order valence-corrected chi connectivity index (χ1v) is 15.5. The van der Waals surface area contributed by atoms with Crippen LogP contribution in [0, 0.1) is 5.41 Å². The standard InChI is InChI=1S/C41H56O3/c1-31(19-14-21-33(3)22-16-24-35(5)26-28-39(44-11)41(9,10)43)17-12-13-18-32(2)20-15-23-34(4)25-27-37-36(6)38(42)29-30-40(37,7)8/h12-28,39,43H,29-30H2,1-11H3. The fourth-order valence-corrected chi connectivity index (χ4v) is 4.56. The molecule has 3 nitrogen and oxygen atoms in total. The highest BCUT2D eigenvalue weighted by molar-refractivity contribution is 5.97. The smallest absolute Gasteiger partial charge is 0.158 e. The number of hydrogen-bond donors (Lipinski definition) is 1. The summed E-state index contributed by atoms with van der Waals surface area (Å²) in [5, 5.41) is 10.1. The molecule has 1 aliphatic rings. The van der Waals surface area contributed by atoms with Crippen LogP contribution in [0.3, 0.4) is 0 Å². The van der Waals surface area contributed by atoms with E-state index in [4.69, 9.17) is 4.74 Å².